The van der Waals surface area contributed by atoms with E-state index in [4.69, 9.17) is 21.3 Å². The lowest BCUT2D eigenvalue weighted by Crippen LogP contribution is -2.38. The van der Waals surface area contributed by atoms with E-state index in [2.05, 4.69) is 36.0 Å². The fourth-order valence-corrected chi connectivity index (χ4v) is 3.05. The Morgan fingerprint density at radius 2 is 2.00 bits per heavy atom. The third-order valence-electron chi connectivity index (χ3n) is 3.93. The number of nitrogens with zero attached hydrogens (tertiary/aromatic N) is 3. The molecule has 0 bridgehead atoms. The van der Waals surface area contributed by atoms with Crippen molar-refractivity contribution in [2.75, 3.05) is 43.1 Å². The summed E-state index contributed by atoms with van der Waals surface area (Å²) in [5.74, 6) is 1.34. The standard InChI is InChI=1S/C16H27ClN4O2/c1-4-6-16(2,3)20-14-12(5-9-22)13(17)18-15(19-14)21-7-10-23-11-8-21/h22H,4-11H2,1-3H3,(H,18,19,20). The van der Waals surface area contributed by atoms with E-state index in [1.165, 1.54) is 0 Å². The molecule has 23 heavy (non-hydrogen) atoms. The van der Waals surface area contributed by atoms with Crippen LogP contribution in [0, 0.1) is 0 Å². The van der Waals surface area contributed by atoms with Crippen LogP contribution in [0.3, 0.4) is 0 Å². The second-order valence-corrected chi connectivity index (χ2v) is 6.83. The molecule has 130 valence electrons. The van der Waals surface area contributed by atoms with Crippen LogP contribution in [0.25, 0.3) is 0 Å². The quantitative estimate of drug-likeness (QED) is 0.742. The largest absolute Gasteiger partial charge is 0.396 e. The fraction of sp³-hybridized carbons (Fsp3) is 0.750. The van der Waals surface area contributed by atoms with E-state index in [1.54, 1.807) is 0 Å². The van der Waals surface area contributed by atoms with Crippen molar-refractivity contribution in [2.45, 2.75) is 45.6 Å². The summed E-state index contributed by atoms with van der Waals surface area (Å²) in [5.41, 5.74) is 0.675. The number of aromatic nitrogens is 2. The molecule has 1 aliphatic heterocycles. The molecule has 0 spiro atoms. The summed E-state index contributed by atoms with van der Waals surface area (Å²) in [7, 11) is 0. The van der Waals surface area contributed by atoms with Crippen LogP contribution < -0.4 is 10.2 Å². The first-order valence-corrected chi connectivity index (χ1v) is 8.63. The van der Waals surface area contributed by atoms with Gasteiger partial charge in [-0.3, -0.25) is 0 Å². The smallest absolute Gasteiger partial charge is 0.228 e. The fourth-order valence-electron chi connectivity index (χ4n) is 2.80. The van der Waals surface area contributed by atoms with Crippen LogP contribution >= 0.6 is 11.6 Å². The molecule has 7 heteroatoms. The zero-order chi connectivity index (χ0) is 16.9. The topological polar surface area (TPSA) is 70.5 Å². The molecule has 1 saturated heterocycles. The maximum atomic E-state index is 9.32. The summed E-state index contributed by atoms with van der Waals surface area (Å²) in [6.07, 6.45) is 2.53. The van der Waals surface area contributed by atoms with Crippen molar-refractivity contribution in [3.05, 3.63) is 10.7 Å². The van der Waals surface area contributed by atoms with Gasteiger partial charge in [0.1, 0.15) is 11.0 Å². The Morgan fingerprint density at radius 3 is 2.61 bits per heavy atom. The molecule has 1 fully saturated rings. The molecule has 1 aromatic heterocycles. The van der Waals surface area contributed by atoms with Crippen molar-refractivity contribution in [2.24, 2.45) is 0 Å². The third-order valence-corrected chi connectivity index (χ3v) is 4.24. The van der Waals surface area contributed by atoms with Crippen LogP contribution in [-0.2, 0) is 11.2 Å². The van der Waals surface area contributed by atoms with Gasteiger partial charge in [-0.25, -0.2) is 4.98 Å². The normalized spacial score (nSPS) is 15.8. The van der Waals surface area contributed by atoms with Crippen LogP contribution in [0.5, 0.6) is 0 Å². The molecule has 0 aliphatic carbocycles. The molecule has 2 N–H and O–H groups in total. The Hall–Kier alpha value is -1.11. The van der Waals surface area contributed by atoms with Crippen molar-refractivity contribution >= 4 is 23.4 Å². The molecule has 1 aromatic rings. The predicted octanol–water partition coefficient (Wildman–Crippen LogP) is 2.49. The van der Waals surface area contributed by atoms with E-state index in [9.17, 15) is 5.11 Å². The zero-order valence-corrected chi connectivity index (χ0v) is 15.0. The van der Waals surface area contributed by atoms with Gasteiger partial charge in [0.15, 0.2) is 0 Å². The van der Waals surface area contributed by atoms with E-state index in [1.807, 2.05) is 0 Å². The molecule has 0 aromatic carbocycles. The predicted molar refractivity (Wildman–Crippen MR) is 93.5 cm³/mol. The Balaban J connectivity index is 2.33. The molecule has 2 rings (SSSR count). The minimum Gasteiger partial charge on any atom is -0.396 e. The number of aliphatic hydroxyl groups excluding tert-OH is 1. The number of aliphatic hydroxyl groups is 1. The first-order valence-electron chi connectivity index (χ1n) is 8.25. The van der Waals surface area contributed by atoms with Crippen molar-refractivity contribution in [1.29, 1.82) is 0 Å². The highest BCUT2D eigenvalue weighted by Gasteiger charge is 2.23. The van der Waals surface area contributed by atoms with Crippen molar-refractivity contribution in [3.63, 3.8) is 0 Å². The van der Waals surface area contributed by atoms with Crippen molar-refractivity contribution in [3.8, 4) is 0 Å². The van der Waals surface area contributed by atoms with E-state index in [0.29, 0.717) is 30.7 Å². The molecular weight excluding hydrogens is 316 g/mol. The number of hydrogen-bond donors (Lipinski definition) is 2. The Labute approximate surface area is 143 Å². The summed E-state index contributed by atoms with van der Waals surface area (Å²) in [6, 6.07) is 0. The number of morpholine rings is 1. The molecule has 6 nitrogen and oxygen atoms in total. The first kappa shape index (κ1) is 18.2. The van der Waals surface area contributed by atoms with E-state index >= 15 is 0 Å². The zero-order valence-electron chi connectivity index (χ0n) is 14.2. The molecule has 1 aliphatic rings. The van der Waals surface area contributed by atoms with Gasteiger partial charge >= 0.3 is 0 Å². The Kier molecular flexibility index (Phi) is 6.44. The highest BCUT2D eigenvalue weighted by molar-refractivity contribution is 6.30. The van der Waals surface area contributed by atoms with Crippen molar-refractivity contribution in [1.82, 2.24) is 9.97 Å². The number of rotatable bonds is 7. The maximum absolute atomic E-state index is 9.32. The minimum atomic E-state index is -0.0983. The molecule has 0 atom stereocenters. The van der Waals surface area contributed by atoms with Gasteiger partial charge in [0.25, 0.3) is 0 Å². The number of halogens is 1. The Bertz CT molecular complexity index is 519. The lowest BCUT2D eigenvalue weighted by molar-refractivity contribution is 0.122. The molecule has 0 saturated carbocycles. The van der Waals surface area contributed by atoms with E-state index in [0.717, 1.165) is 37.3 Å². The summed E-state index contributed by atoms with van der Waals surface area (Å²) in [6.45, 7) is 9.31. The maximum Gasteiger partial charge on any atom is 0.228 e. The highest BCUT2D eigenvalue weighted by atomic mass is 35.5. The van der Waals surface area contributed by atoms with E-state index < -0.39 is 0 Å². The van der Waals surface area contributed by atoms with Gasteiger partial charge in [-0.2, -0.15) is 4.98 Å². The number of nitrogens with one attached hydrogen (secondary N) is 1. The van der Waals surface area contributed by atoms with Crippen LogP contribution in [0.15, 0.2) is 0 Å². The van der Waals surface area contributed by atoms with Gasteiger partial charge in [-0.05, 0) is 20.3 Å². The average Bonchev–Trinajstić information content (AvgIpc) is 2.51. The van der Waals surface area contributed by atoms with E-state index in [-0.39, 0.29) is 12.1 Å². The minimum absolute atomic E-state index is 0.0167. The van der Waals surface area contributed by atoms with Crippen LogP contribution in [-0.4, -0.2) is 53.5 Å². The van der Waals surface area contributed by atoms with Crippen LogP contribution in [0.1, 0.15) is 39.2 Å². The SMILES string of the molecule is CCCC(C)(C)Nc1nc(N2CCOCC2)nc(Cl)c1CCO. The summed E-state index contributed by atoms with van der Waals surface area (Å²) in [4.78, 5) is 11.2. The molecular formula is C16H27ClN4O2. The molecule has 0 amide bonds. The lowest BCUT2D eigenvalue weighted by Gasteiger charge is -2.30. The second-order valence-electron chi connectivity index (χ2n) is 6.47. The van der Waals surface area contributed by atoms with Gasteiger partial charge in [0.2, 0.25) is 5.95 Å². The summed E-state index contributed by atoms with van der Waals surface area (Å²) >= 11 is 6.38. The third kappa shape index (κ3) is 4.93. The number of hydrogen-bond acceptors (Lipinski definition) is 6. The van der Waals surface area contributed by atoms with Crippen molar-refractivity contribution < 1.29 is 9.84 Å². The molecule has 0 unspecified atom stereocenters. The number of ether oxygens (including phenoxy) is 1. The Morgan fingerprint density at radius 1 is 1.30 bits per heavy atom. The number of anilines is 2. The average molecular weight is 343 g/mol. The van der Waals surface area contributed by atoms with Crippen LogP contribution in [0.4, 0.5) is 11.8 Å². The molecule has 0 radical (unpaired) electrons. The first-order chi connectivity index (χ1) is 11.0. The van der Waals surface area contributed by atoms with Gasteiger partial charge in [-0.15, -0.1) is 0 Å². The monoisotopic (exact) mass is 342 g/mol. The lowest BCUT2D eigenvalue weighted by atomic mass is 9.98. The van der Waals surface area contributed by atoms with Gasteiger partial charge in [-0.1, -0.05) is 24.9 Å². The second kappa shape index (κ2) is 8.13. The summed E-state index contributed by atoms with van der Waals surface area (Å²) < 4.78 is 5.38. The van der Waals surface area contributed by atoms with Gasteiger partial charge in [0.05, 0.1) is 13.2 Å². The van der Waals surface area contributed by atoms with Crippen LogP contribution in [0.2, 0.25) is 5.15 Å². The van der Waals surface area contributed by atoms with Gasteiger partial charge in [0, 0.05) is 37.2 Å². The highest BCUT2D eigenvalue weighted by Crippen LogP contribution is 2.28. The summed E-state index contributed by atoms with van der Waals surface area (Å²) in [5, 5.41) is 13.2. The van der Waals surface area contributed by atoms with Gasteiger partial charge < -0.3 is 20.1 Å². The molecule has 2 heterocycles.